The lowest BCUT2D eigenvalue weighted by atomic mass is 10.00. The van der Waals surface area contributed by atoms with E-state index in [9.17, 15) is 13.6 Å². The summed E-state index contributed by atoms with van der Waals surface area (Å²) >= 11 is 6.13. The highest BCUT2D eigenvalue weighted by Gasteiger charge is 2.27. The summed E-state index contributed by atoms with van der Waals surface area (Å²) in [5.74, 6) is -2.20. The Kier molecular flexibility index (Phi) is 5.97. The topological polar surface area (TPSA) is 49.8 Å². The summed E-state index contributed by atoms with van der Waals surface area (Å²) in [4.78, 5) is 13.1. The molecule has 0 spiro atoms. The summed E-state index contributed by atoms with van der Waals surface area (Å²) in [5.41, 5.74) is 0.453. The fourth-order valence-corrected chi connectivity index (χ4v) is 3.49. The second-order valence-corrected chi connectivity index (χ2v) is 7.19. The second-order valence-electron chi connectivity index (χ2n) is 6.78. The number of piperidine rings is 1. The molecular weight excluding hydrogens is 376 g/mol. The zero-order valence-electron chi connectivity index (χ0n) is 14.8. The molecule has 1 saturated heterocycles. The lowest BCUT2D eigenvalue weighted by Crippen LogP contribution is -2.45. The van der Waals surface area contributed by atoms with Gasteiger partial charge in [0, 0.05) is 30.2 Å². The van der Waals surface area contributed by atoms with Crippen molar-refractivity contribution in [3.8, 4) is 5.75 Å². The normalized spacial score (nSPS) is 20.4. The van der Waals surface area contributed by atoms with Gasteiger partial charge in [-0.1, -0.05) is 17.7 Å². The van der Waals surface area contributed by atoms with Gasteiger partial charge in [-0.3, -0.25) is 4.90 Å². The van der Waals surface area contributed by atoms with Crippen molar-refractivity contribution in [3.63, 3.8) is 0 Å². The van der Waals surface area contributed by atoms with Gasteiger partial charge in [-0.2, -0.15) is 0 Å². The second kappa shape index (κ2) is 8.23. The summed E-state index contributed by atoms with van der Waals surface area (Å²) < 4.78 is 32.9. The van der Waals surface area contributed by atoms with Gasteiger partial charge in [0.2, 0.25) is 0 Å². The van der Waals surface area contributed by atoms with E-state index in [0.29, 0.717) is 29.9 Å². The third-order valence-electron chi connectivity index (χ3n) is 4.83. The molecular formula is C20H20ClF2NO3. The zero-order valence-corrected chi connectivity index (χ0v) is 15.5. The molecule has 2 atom stereocenters. The molecule has 0 saturated carbocycles. The van der Waals surface area contributed by atoms with Crippen molar-refractivity contribution in [1.82, 2.24) is 4.90 Å². The summed E-state index contributed by atoms with van der Waals surface area (Å²) in [5, 5.41) is 9.29. The van der Waals surface area contributed by atoms with E-state index in [0.717, 1.165) is 24.5 Å². The number of carboxylic acid groups (broad SMARTS) is 1. The van der Waals surface area contributed by atoms with E-state index in [-0.39, 0.29) is 17.5 Å². The molecule has 1 fully saturated rings. The van der Waals surface area contributed by atoms with Crippen LogP contribution in [-0.2, 0) is 6.54 Å². The molecule has 1 N–H and O–H groups in total. The van der Waals surface area contributed by atoms with Crippen molar-refractivity contribution in [3.05, 3.63) is 64.2 Å². The Morgan fingerprint density at radius 2 is 2.04 bits per heavy atom. The molecule has 0 aromatic heterocycles. The van der Waals surface area contributed by atoms with Crippen LogP contribution in [0.15, 0.2) is 36.4 Å². The number of benzene rings is 2. The summed E-state index contributed by atoms with van der Waals surface area (Å²) in [6.07, 6.45) is 1.53. The third-order valence-corrected chi connectivity index (χ3v) is 5.18. The molecule has 0 radical (unpaired) electrons. The van der Waals surface area contributed by atoms with Crippen LogP contribution in [0.5, 0.6) is 5.75 Å². The van der Waals surface area contributed by atoms with E-state index in [1.54, 1.807) is 6.07 Å². The van der Waals surface area contributed by atoms with Crippen LogP contribution < -0.4 is 4.74 Å². The summed E-state index contributed by atoms with van der Waals surface area (Å²) in [6.45, 7) is 3.28. The van der Waals surface area contributed by atoms with Crippen molar-refractivity contribution < 1.29 is 23.4 Å². The van der Waals surface area contributed by atoms with Crippen molar-refractivity contribution in [2.45, 2.75) is 38.5 Å². The fourth-order valence-electron chi connectivity index (χ4n) is 3.26. The Hall–Kier alpha value is -2.18. The van der Waals surface area contributed by atoms with Gasteiger partial charge in [-0.25, -0.2) is 13.6 Å². The van der Waals surface area contributed by atoms with Gasteiger partial charge < -0.3 is 9.84 Å². The maximum Gasteiger partial charge on any atom is 0.338 e. The number of carbonyl (C=O) groups is 1. The largest absolute Gasteiger partial charge is 0.489 e. The molecule has 7 heteroatoms. The highest BCUT2D eigenvalue weighted by atomic mass is 35.5. The van der Waals surface area contributed by atoms with Crippen molar-refractivity contribution in [1.29, 1.82) is 0 Å². The molecule has 0 bridgehead atoms. The Balaban J connectivity index is 1.68. The maximum absolute atomic E-state index is 13.8. The molecule has 27 heavy (non-hydrogen) atoms. The van der Waals surface area contributed by atoms with Gasteiger partial charge in [-0.05, 0) is 49.6 Å². The Morgan fingerprint density at radius 1 is 1.26 bits per heavy atom. The average molecular weight is 396 g/mol. The number of halogens is 3. The smallest absolute Gasteiger partial charge is 0.338 e. The molecule has 0 amide bonds. The highest BCUT2D eigenvalue weighted by Crippen LogP contribution is 2.27. The van der Waals surface area contributed by atoms with Crippen LogP contribution in [-0.4, -0.2) is 34.7 Å². The molecule has 2 aromatic rings. The number of carboxylic acids is 1. The molecule has 4 nitrogen and oxygen atoms in total. The van der Waals surface area contributed by atoms with E-state index in [1.165, 1.54) is 24.3 Å². The molecule has 1 aliphatic rings. The molecule has 1 heterocycles. The minimum atomic E-state index is -1.31. The third kappa shape index (κ3) is 4.76. The van der Waals surface area contributed by atoms with Gasteiger partial charge in [0.05, 0.1) is 5.56 Å². The maximum atomic E-state index is 13.8. The lowest BCUT2D eigenvalue weighted by molar-refractivity contribution is 0.0507. The van der Waals surface area contributed by atoms with Crippen LogP contribution in [0.25, 0.3) is 0 Å². The fraction of sp³-hybridized carbons (Fsp3) is 0.350. The van der Waals surface area contributed by atoms with Crippen LogP contribution >= 0.6 is 11.6 Å². The Morgan fingerprint density at radius 3 is 2.70 bits per heavy atom. The predicted octanol–water partition coefficient (Wildman–Crippen LogP) is 4.75. The molecule has 3 rings (SSSR count). The molecule has 0 aliphatic carbocycles. The molecule has 1 aliphatic heterocycles. The number of rotatable bonds is 5. The number of ether oxygens (including phenoxy) is 1. The predicted molar refractivity (Wildman–Crippen MR) is 98.3 cm³/mol. The van der Waals surface area contributed by atoms with E-state index >= 15 is 0 Å². The number of likely N-dealkylation sites (tertiary alicyclic amines) is 1. The lowest BCUT2D eigenvalue weighted by Gasteiger charge is -2.38. The van der Waals surface area contributed by atoms with Gasteiger partial charge in [-0.15, -0.1) is 0 Å². The summed E-state index contributed by atoms with van der Waals surface area (Å²) in [7, 11) is 0. The van der Waals surface area contributed by atoms with Crippen LogP contribution in [0.4, 0.5) is 8.78 Å². The van der Waals surface area contributed by atoms with E-state index in [1.807, 2.05) is 0 Å². The van der Waals surface area contributed by atoms with E-state index in [4.69, 9.17) is 21.4 Å². The van der Waals surface area contributed by atoms with Gasteiger partial charge in [0.1, 0.15) is 23.5 Å². The number of hydrogen-bond donors (Lipinski definition) is 1. The number of aromatic carboxylic acids is 1. The van der Waals surface area contributed by atoms with Gasteiger partial charge in [0.25, 0.3) is 0 Å². The highest BCUT2D eigenvalue weighted by molar-refractivity contribution is 6.31. The van der Waals surface area contributed by atoms with Gasteiger partial charge in [0.15, 0.2) is 0 Å². The van der Waals surface area contributed by atoms with E-state index in [2.05, 4.69) is 11.8 Å². The molecule has 144 valence electrons. The first-order chi connectivity index (χ1) is 12.8. The van der Waals surface area contributed by atoms with Crippen LogP contribution in [0.1, 0.15) is 35.7 Å². The van der Waals surface area contributed by atoms with Crippen LogP contribution in [0.3, 0.4) is 0 Å². The van der Waals surface area contributed by atoms with Crippen LogP contribution in [0, 0.1) is 11.6 Å². The first-order valence-electron chi connectivity index (χ1n) is 8.71. The number of hydrogen-bond acceptors (Lipinski definition) is 3. The van der Waals surface area contributed by atoms with E-state index < -0.39 is 11.8 Å². The van der Waals surface area contributed by atoms with Crippen molar-refractivity contribution >= 4 is 17.6 Å². The zero-order chi connectivity index (χ0) is 19.6. The number of nitrogens with zero attached hydrogens (tertiary/aromatic N) is 1. The molecule has 0 unspecified atom stereocenters. The van der Waals surface area contributed by atoms with Crippen molar-refractivity contribution in [2.24, 2.45) is 0 Å². The summed E-state index contributed by atoms with van der Waals surface area (Å²) in [6, 6.07) is 8.43. The first-order valence-corrected chi connectivity index (χ1v) is 9.08. The standard InChI is InChI=1S/C20H20ClF2NO3/c1-12-2-5-16(27-15-6-7-17(20(25)26)19(23)9-15)11-24(12)10-13-3-4-14(22)8-18(13)21/h3-4,6-9,12,16H,2,5,10-11H2,1H3,(H,25,26)/t12-,16+/m0/s1. The van der Waals surface area contributed by atoms with Crippen molar-refractivity contribution in [2.75, 3.05) is 6.54 Å². The first kappa shape index (κ1) is 19.6. The molecule has 2 aromatic carbocycles. The minimum absolute atomic E-state index is 0.157. The minimum Gasteiger partial charge on any atom is -0.489 e. The Labute approximate surface area is 161 Å². The quantitative estimate of drug-likeness (QED) is 0.793. The average Bonchev–Trinajstić information content (AvgIpc) is 2.60. The monoisotopic (exact) mass is 395 g/mol. The SMILES string of the molecule is C[C@H]1CC[C@@H](Oc2ccc(C(=O)O)c(F)c2)CN1Cc1ccc(F)cc1Cl. The van der Waals surface area contributed by atoms with Crippen LogP contribution in [0.2, 0.25) is 5.02 Å². The van der Waals surface area contributed by atoms with Gasteiger partial charge >= 0.3 is 5.97 Å². The Bertz CT molecular complexity index is 846.